The Bertz CT molecular complexity index is 941. The van der Waals surface area contributed by atoms with Crippen LogP contribution in [0.4, 0.5) is 5.69 Å². The Morgan fingerprint density at radius 3 is 2.34 bits per heavy atom. The zero-order valence-electron chi connectivity index (χ0n) is 16.5. The number of ether oxygens (including phenoxy) is 3. The van der Waals surface area contributed by atoms with Crippen molar-refractivity contribution < 1.29 is 28.6 Å². The van der Waals surface area contributed by atoms with Gasteiger partial charge in [-0.05, 0) is 39.0 Å². The smallest absolute Gasteiger partial charge is 0.341 e. The van der Waals surface area contributed by atoms with Gasteiger partial charge >= 0.3 is 11.9 Å². The zero-order valence-corrected chi connectivity index (χ0v) is 18.1. The Morgan fingerprint density at radius 1 is 1.17 bits per heavy atom. The van der Waals surface area contributed by atoms with Crippen LogP contribution in [-0.2, 0) is 34.0 Å². The third kappa shape index (κ3) is 2.91. The van der Waals surface area contributed by atoms with E-state index >= 15 is 0 Å². The molecule has 1 amide bonds. The molecule has 0 bridgehead atoms. The number of hydrogen-bond donors (Lipinski definition) is 1. The lowest BCUT2D eigenvalue weighted by Crippen LogP contribution is -2.50. The van der Waals surface area contributed by atoms with Crippen LogP contribution in [0, 0.1) is 0 Å². The van der Waals surface area contributed by atoms with Gasteiger partial charge in [-0.3, -0.25) is 4.79 Å². The minimum atomic E-state index is -1.83. The number of anilines is 1. The summed E-state index contributed by atoms with van der Waals surface area (Å²) in [6.45, 7) is 4.92. The van der Waals surface area contributed by atoms with Crippen molar-refractivity contribution >= 4 is 39.5 Å². The molecule has 0 fully saturated rings. The Hall–Kier alpha value is -2.81. The molecule has 2 aliphatic heterocycles. The highest BCUT2D eigenvalue weighted by molar-refractivity contribution is 9.10. The van der Waals surface area contributed by atoms with Gasteiger partial charge in [0.1, 0.15) is 22.3 Å². The first-order chi connectivity index (χ1) is 13.7. The molecule has 9 heteroatoms. The number of amides is 1. The SMILES string of the molecule is CCOC(=O)C1=C(C)OC(N)=C(C(=O)OCC)C12C(=O)N(C)c1ccc(Br)cc12. The maximum atomic E-state index is 13.7. The van der Waals surface area contributed by atoms with E-state index in [9.17, 15) is 14.4 Å². The summed E-state index contributed by atoms with van der Waals surface area (Å²) in [6.07, 6.45) is 0. The van der Waals surface area contributed by atoms with Crippen molar-refractivity contribution in [3.63, 3.8) is 0 Å². The molecule has 1 unspecified atom stereocenters. The molecule has 2 N–H and O–H groups in total. The Morgan fingerprint density at radius 2 is 1.76 bits per heavy atom. The summed E-state index contributed by atoms with van der Waals surface area (Å²) < 4.78 is 16.6. The summed E-state index contributed by atoms with van der Waals surface area (Å²) in [7, 11) is 1.57. The second-order valence-corrected chi connectivity index (χ2v) is 7.40. The van der Waals surface area contributed by atoms with E-state index in [0.29, 0.717) is 15.7 Å². The van der Waals surface area contributed by atoms with E-state index in [1.165, 1.54) is 11.8 Å². The minimum Gasteiger partial charge on any atom is -0.462 e. The predicted molar refractivity (Wildman–Crippen MR) is 107 cm³/mol. The molecular formula is C20H21BrN2O6. The summed E-state index contributed by atoms with van der Waals surface area (Å²) >= 11 is 3.40. The average molecular weight is 465 g/mol. The maximum absolute atomic E-state index is 13.7. The number of halogens is 1. The third-order valence-electron chi connectivity index (χ3n) is 4.92. The molecule has 1 atom stereocenters. The van der Waals surface area contributed by atoms with Crippen LogP contribution in [0.5, 0.6) is 0 Å². The maximum Gasteiger partial charge on any atom is 0.341 e. The summed E-state index contributed by atoms with van der Waals surface area (Å²) in [5.41, 5.74) is 4.87. The molecule has 2 heterocycles. The molecule has 1 aromatic carbocycles. The van der Waals surface area contributed by atoms with Crippen LogP contribution < -0.4 is 10.6 Å². The summed E-state index contributed by atoms with van der Waals surface area (Å²) in [6, 6.07) is 5.17. The van der Waals surface area contributed by atoms with Gasteiger partial charge in [0, 0.05) is 22.8 Å². The lowest BCUT2D eigenvalue weighted by molar-refractivity contribution is -0.143. The van der Waals surface area contributed by atoms with E-state index in [4.69, 9.17) is 19.9 Å². The van der Waals surface area contributed by atoms with E-state index in [2.05, 4.69) is 15.9 Å². The Labute approximate surface area is 176 Å². The first-order valence-electron chi connectivity index (χ1n) is 9.03. The Kier molecular flexibility index (Phi) is 5.44. The van der Waals surface area contributed by atoms with Crippen LogP contribution in [0.1, 0.15) is 26.3 Å². The van der Waals surface area contributed by atoms with Gasteiger partial charge in [-0.15, -0.1) is 0 Å². The largest absolute Gasteiger partial charge is 0.462 e. The van der Waals surface area contributed by atoms with Crippen LogP contribution in [0.15, 0.2) is 45.5 Å². The van der Waals surface area contributed by atoms with Gasteiger partial charge in [-0.25, -0.2) is 9.59 Å². The number of carbonyl (C=O) groups is 3. The number of fused-ring (bicyclic) bond motifs is 2. The number of hydrogen-bond acceptors (Lipinski definition) is 7. The monoisotopic (exact) mass is 464 g/mol. The molecule has 1 spiro atoms. The van der Waals surface area contributed by atoms with Crippen LogP contribution in [-0.4, -0.2) is 38.1 Å². The van der Waals surface area contributed by atoms with E-state index in [1.54, 1.807) is 39.1 Å². The molecule has 1 aromatic rings. The van der Waals surface area contributed by atoms with Gasteiger partial charge < -0.3 is 24.8 Å². The topological polar surface area (TPSA) is 108 Å². The lowest BCUT2D eigenvalue weighted by Gasteiger charge is -2.36. The van der Waals surface area contributed by atoms with Gasteiger partial charge in [0.2, 0.25) is 11.8 Å². The first-order valence-corrected chi connectivity index (χ1v) is 9.82. The van der Waals surface area contributed by atoms with Crippen molar-refractivity contribution in [2.24, 2.45) is 5.73 Å². The number of nitrogens with zero attached hydrogens (tertiary/aromatic N) is 1. The molecule has 0 saturated heterocycles. The average Bonchev–Trinajstić information content (AvgIpc) is 2.84. The van der Waals surface area contributed by atoms with E-state index < -0.39 is 23.3 Å². The quantitative estimate of drug-likeness (QED) is 0.680. The normalized spacial score (nSPS) is 20.7. The fraction of sp³-hybridized carbons (Fsp3) is 0.350. The number of allylic oxidation sites excluding steroid dienone is 1. The second kappa shape index (κ2) is 7.55. The number of esters is 2. The summed E-state index contributed by atoms with van der Waals surface area (Å²) in [4.78, 5) is 41.0. The lowest BCUT2D eigenvalue weighted by atomic mass is 9.67. The molecule has 154 valence electrons. The highest BCUT2D eigenvalue weighted by Gasteiger charge is 2.63. The van der Waals surface area contributed by atoms with Crippen LogP contribution in [0.25, 0.3) is 0 Å². The van der Waals surface area contributed by atoms with Gasteiger partial charge in [0.05, 0.1) is 13.2 Å². The minimum absolute atomic E-state index is 0.0541. The predicted octanol–water partition coefficient (Wildman–Crippen LogP) is 2.26. The van der Waals surface area contributed by atoms with E-state index in [1.807, 2.05) is 0 Å². The summed E-state index contributed by atoms with van der Waals surface area (Å²) in [5.74, 6) is -2.34. The van der Waals surface area contributed by atoms with Gasteiger partial charge in [-0.1, -0.05) is 15.9 Å². The van der Waals surface area contributed by atoms with Crippen LogP contribution >= 0.6 is 15.9 Å². The molecule has 0 saturated carbocycles. The highest BCUT2D eigenvalue weighted by Crippen LogP contribution is 2.54. The number of nitrogens with two attached hydrogens (primary N) is 1. The molecule has 0 radical (unpaired) electrons. The van der Waals surface area contributed by atoms with Gasteiger partial charge in [0.15, 0.2) is 0 Å². The number of rotatable bonds is 4. The number of benzene rings is 1. The molecule has 0 aromatic heterocycles. The molecule has 0 aliphatic carbocycles. The van der Waals surface area contributed by atoms with Crippen LogP contribution in [0.2, 0.25) is 0 Å². The van der Waals surface area contributed by atoms with Crippen molar-refractivity contribution in [1.29, 1.82) is 0 Å². The third-order valence-corrected chi connectivity index (χ3v) is 5.41. The highest BCUT2D eigenvalue weighted by atomic mass is 79.9. The molecule has 8 nitrogen and oxygen atoms in total. The number of likely N-dealkylation sites (N-methyl/N-ethyl adjacent to an activating group) is 1. The standard InChI is InChI=1S/C20H21BrN2O6/c1-5-27-17(24)14-10(3)29-16(22)15(18(25)28-6-2)20(14)12-9-11(21)7-8-13(12)23(4)19(20)26/h7-9H,5-6,22H2,1-4H3. The van der Waals surface area contributed by atoms with Crippen molar-refractivity contribution in [3.8, 4) is 0 Å². The van der Waals surface area contributed by atoms with Crippen molar-refractivity contribution in [3.05, 3.63) is 51.0 Å². The zero-order chi connectivity index (χ0) is 21.5. The van der Waals surface area contributed by atoms with Crippen molar-refractivity contribution in [2.45, 2.75) is 26.2 Å². The van der Waals surface area contributed by atoms with E-state index in [-0.39, 0.29) is 36.0 Å². The van der Waals surface area contributed by atoms with Crippen molar-refractivity contribution in [2.75, 3.05) is 25.2 Å². The number of carbonyl (C=O) groups excluding carboxylic acids is 3. The summed E-state index contributed by atoms with van der Waals surface area (Å²) in [5, 5.41) is 0. The molecule has 3 rings (SSSR count). The fourth-order valence-electron chi connectivity index (χ4n) is 3.86. The van der Waals surface area contributed by atoms with Gasteiger partial charge in [-0.2, -0.15) is 0 Å². The second-order valence-electron chi connectivity index (χ2n) is 6.49. The first kappa shape index (κ1) is 20.9. The fourth-order valence-corrected chi connectivity index (χ4v) is 4.22. The molecule has 2 aliphatic rings. The molecular weight excluding hydrogens is 444 g/mol. The Balaban J connectivity index is 2.44. The van der Waals surface area contributed by atoms with Crippen molar-refractivity contribution in [1.82, 2.24) is 0 Å². The molecule has 29 heavy (non-hydrogen) atoms. The van der Waals surface area contributed by atoms with Crippen LogP contribution in [0.3, 0.4) is 0 Å². The van der Waals surface area contributed by atoms with Gasteiger partial charge in [0.25, 0.3) is 0 Å². The van der Waals surface area contributed by atoms with E-state index in [0.717, 1.165) is 0 Å².